The van der Waals surface area contributed by atoms with Crippen molar-refractivity contribution in [2.45, 2.75) is 26.9 Å². The molecule has 1 fully saturated rings. The van der Waals surface area contributed by atoms with Gasteiger partial charge in [-0.2, -0.15) is 0 Å². The minimum Gasteiger partial charge on any atom is -0.462 e. The van der Waals surface area contributed by atoms with Gasteiger partial charge in [0.2, 0.25) is 0 Å². The Kier molecular flexibility index (Phi) is 1.98. The molecule has 0 aromatic carbocycles. The summed E-state index contributed by atoms with van der Waals surface area (Å²) >= 11 is 0. The van der Waals surface area contributed by atoms with Crippen LogP contribution in [-0.2, 0) is 14.3 Å². The SMILES string of the molecule is CC(=O)C1C(C)OC(=O)C1C. The Morgan fingerprint density at radius 2 is 2.00 bits per heavy atom. The monoisotopic (exact) mass is 156 g/mol. The number of ether oxygens (including phenoxy) is 1. The van der Waals surface area contributed by atoms with E-state index >= 15 is 0 Å². The fraction of sp³-hybridized carbons (Fsp3) is 0.750. The Bertz CT molecular complexity index is 198. The summed E-state index contributed by atoms with van der Waals surface area (Å²) in [7, 11) is 0. The van der Waals surface area contributed by atoms with Gasteiger partial charge in [-0.3, -0.25) is 9.59 Å². The lowest BCUT2D eigenvalue weighted by molar-refractivity contribution is -0.143. The minimum atomic E-state index is -0.262. The number of hydrogen-bond acceptors (Lipinski definition) is 3. The molecule has 0 spiro atoms. The van der Waals surface area contributed by atoms with E-state index in [4.69, 9.17) is 4.74 Å². The second-order valence-electron chi connectivity index (χ2n) is 3.07. The van der Waals surface area contributed by atoms with Crippen molar-refractivity contribution in [3.63, 3.8) is 0 Å². The molecule has 3 atom stereocenters. The van der Waals surface area contributed by atoms with E-state index in [1.807, 2.05) is 0 Å². The van der Waals surface area contributed by atoms with Crippen molar-refractivity contribution in [2.75, 3.05) is 0 Å². The van der Waals surface area contributed by atoms with Crippen molar-refractivity contribution in [3.8, 4) is 0 Å². The molecule has 3 heteroatoms. The molecule has 1 aliphatic rings. The van der Waals surface area contributed by atoms with E-state index in [2.05, 4.69) is 0 Å². The van der Waals surface area contributed by atoms with Gasteiger partial charge in [-0.05, 0) is 13.8 Å². The van der Waals surface area contributed by atoms with Gasteiger partial charge in [0.1, 0.15) is 11.9 Å². The van der Waals surface area contributed by atoms with Crippen molar-refractivity contribution in [1.29, 1.82) is 0 Å². The first-order valence-electron chi connectivity index (χ1n) is 3.75. The molecule has 1 saturated heterocycles. The summed E-state index contributed by atoms with van der Waals surface area (Å²) in [5.74, 6) is -0.710. The van der Waals surface area contributed by atoms with E-state index in [1.54, 1.807) is 13.8 Å². The average molecular weight is 156 g/mol. The number of carbonyl (C=O) groups excluding carboxylic acids is 2. The predicted molar refractivity (Wildman–Crippen MR) is 38.9 cm³/mol. The molecular weight excluding hydrogens is 144 g/mol. The lowest BCUT2D eigenvalue weighted by Gasteiger charge is -2.10. The Labute approximate surface area is 65.7 Å². The normalized spacial score (nSPS) is 37.0. The van der Waals surface area contributed by atoms with Crippen molar-refractivity contribution in [1.82, 2.24) is 0 Å². The van der Waals surface area contributed by atoms with Gasteiger partial charge < -0.3 is 4.74 Å². The van der Waals surface area contributed by atoms with E-state index < -0.39 is 0 Å². The zero-order valence-electron chi connectivity index (χ0n) is 6.96. The predicted octanol–water partition coefficient (Wildman–Crippen LogP) is 0.773. The summed E-state index contributed by atoms with van der Waals surface area (Å²) in [6, 6.07) is 0. The molecule has 0 bridgehead atoms. The third-order valence-corrected chi connectivity index (χ3v) is 2.19. The third-order valence-electron chi connectivity index (χ3n) is 2.19. The number of rotatable bonds is 1. The van der Waals surface area contributed by atoms with Gasteiger partial charge in [0.15, 0.2) is 0 Å². The van der Waals surface area contributed by atoms with Crippen LogP contribution < -0.4 is 0 Å². The van der Waals surface area contributed by atoms with E-state index in [-0.39, 0.29) is 29.7 Å². The summed E-state index contributed by atoms with van der Waals surface area (Å²) in [4.78, 5) is 21.9. The zero-order valence-corrected chi connectivity index (χ0v) is 6.96. The molecule has 0 amide bonds. The highest BCUT2D eigenvalue weighted by Gasteiger charge is 2.41. The first-order chi connectivity index (χ1) is 5.04. The van der Waals surface area contributed by atoms with Gasteiger partial charge in [-0.1, -0.05) is 6.92 Å². The molecule has 0 aliphatic carbocycles. The quantitative estimate of drug-likeness (QED) is 0.527. The van der Waals surface area contributed by atoms with Crippen LogP contribution in [-0.4, -0.2) is 17.9 Å². The molecule has 0 aromatic heterocycles. The summed E-state index contributed by atoms with van der Waals surface area (Å²) in [5.41, 5.74) is 0. The summed E-state index contributed by atoms with van der Waals surface area (Å²) < 4.78 is 4.89. The third kappa shape index (κ3) is 1.27. The Morgan fingerprint density at radius 3 is 2.18 bits per heavy atom. The standard InChI is InChI=1S/C8H12O3/c1-4-7(5(2)9)6(3)11-8(4)10/h4,6-7H,1-3H3. The van der Waals surface area contributed by atoms with E-state index in [1.165, 1.54) is 6.92 Å². The molecule has 0 aromatic rings. The number of esters is 1. The van der Waals surface area contributed by atoms with E-state index in [0.29, 0.717) is 0 Å². The Balaban J connectivity index is 2.79. The minimum absolute atomic E-state index is 0.0378. The number of hydrogen-bond donors (Lipinski definition) is 0. The van der Waals surface area contributed by atoms with Crippen LogP contribution in [0.1, 0.15) is 20.8 Å². The molecule has 1 heterocycles. The van der Waals surface area contributed by atoms with Crippen LogP contribution in [0.15, 0.2) is 0 Å². The first-order valence-corrected chi connectivity index (χ1v) is 3.75. The second kappa shape index (κ2) is 2.64. The van der Waals surface area contributed by atoms with E-state index in [0.717, 1.165) is 0 Å². The van der Waals surface area contributed by atoms with Gasteiger partial charge in [0, 0.05) is 0 Å². The van der Waals surface area contributed by atoms with Gasteiger partial charge >= 0.3 is 5.97 Å². The smallest absolute Gasteiger partial charge is 0.309 e. The summed E-state index contributed by atoms with van der Waals surface area (Å²) in [6.07, 6.45) is -0.241. The van der Waals surface area contributed by atoms with Gasteiger partial charge in [0.05, 0.1) is 11.8 Å². The fourth-order valence-corrected chi connectivity index (χ4v) is 1.60. The highest BCUT2D eigenvalue weighted by atomic mass is 16.6. The molecule has 3 unspecified atom stereocenters. The van der Waals surface area contributed by atoms with Crippen LogP contribution in [0.25, 0.3) is 0 Å². The molecule has 3 nitrogen and oxygen atoms in total. The van der Waals surface area contributed by atoms with Crippen LogP contribution in [0.5, 0.6) is 0 Å². The molecule has 0 N–H and O–H groups in total. The van der Waals surface area contributed by atoms with Crippen LogP contribution in [0.4, 0.5) is 0 Å². The van der Waals surface area contributed by atoms with E-state index in [9.17, 15) is 9.59 Å². The molecule has 62 valence electrons. The first kappa shape index (κ1) is 8.24. The Hall–Kier alpha value is -0.860. The molecular formula is C8H12O3. The van der Waals surface area contributed by atoms with Gasteiger partial charge in [-0.25, -0.2) is 0 Å². The van der Waals surface area contributed by atoms with Gasteiger partial charge in [0.25, 0.3) is 0 Å². The van der Waals surface area contributed by atoms with Crippen molar-refractivity contribution >= 4 is 11.8 Å². The number of carbonyl (C=O) groups is 2. The van der Waals surface area contributed by atoms with Crippen LogP contribution >= 0.6 is 0 Å². The fourth-order valence-electron chi connectivity index (χ4n) is 1.60. The van der Waals surface area contributed by atoms with Crippen molar-refractivity contribution < 1.29 is 14.3 Å². The van der Waals surface area contributed by atoms with Crippen molar-refractivity contribution in [2.24, 2.45) is 11.8 Å². The van der Waals surface area contributed by atoms with Crippen LogP contribution in [0, 0.1) is 11.8 Å². The number of Topliss-reactive ketones (excluding diaryl/α,β-unsaturated/α-hetero) is 1. The number of cyclic esters (lactones) is 1. The molecule has 1 aliphatic heterocycles. The largest absolute Gasteiger partial charge is 0.462 e. The highest BCUT2D eigenvalue weighted by molar-refractivity contribution is 5.88. The maximum absolute atomic E-state index is 11.0. The second-order valence-corrected chi connectivity index (χ2v) is 3.07. The molecule has 1 rings (SSSR count). The van der Waals surface area contributed by atoms with Crippen LogP contribution in [0.3, 0.4) is 0 Å². The topological polar surface area (TPSA) is 43.4 Å². The molecule has 0 saturated carbocycles. The summed E-state index contributed by atoms with van der Waals surface area (Å²) in [5, 5.41) is 0. The highest BCUT2D eigenvalue weighted by Crippen LogP contribution is 2.28. The lowest BCUT2D eigenvalue weighted by atomic mass is 9.89. The van der Waals surface area contributed by atoms with Crippen molar-refractivity contribution in [3.05, 3.63) is 0 Å². The lowest BCUT2D eigenvalue weighted by Crippen LogP contribution is -2.23. The summed E-state index contributed by atoms with van der Waals surface area (Å²) in [6.45, 7) is 4.99. The Morgan fingerprint density at radius 1 is 1.45 bits per heavy atom. The molecule has 0 radical (unpaired) electrons. The van der Waals surface area contributed by atoms with Crippen LogP contribution in [0.2, 0.25) is 0 Å². The molecule has 11 heavy (non-hydrogen) atoms. The average Bonchev–Trinajstić information content (AvgIpc) is 2.07. The van der Waals surface area contributed by atoms with Gasteiger partial charge in [-0.15, -0.1) is 0 Å². The maximum atomic E-state index is 11.0. The number of ketones is 1. The maximum Gasteiger partial charge on any atom is 0.309 e. The zero-order chi connectivity index (χ0) is 8.59.